The lowest BCUT2D eigenvalue weighted by atomic mass is 9.86. The van der Waals surface area contributed by atoms with Crippen molar-refractivity contribution in [2.75, 3.05) is 26.2 Å². The molecule has 4 heterocycles. The Bertz CT molecular complexity index is 2580. The van der Waals surface area contributed by atoms with Crippen LogP contribution in [0.1, 0.15) is 92.3 Å². The van der Waals surface area contributed by atoms with Gasteiger partial charge in [-0.15, -0.1) is 0 Å². The fourth-order valence-corrected chi connectivity index (χ4v) is 8.39. The smallest absolute Gasteiger partial charge is 0.254 e. The van der Waals surface area contributed by atoms with Gasteiger partial charge in [-0.1, -0.05) is 129 Å². The Hall–Kier alpha value is -6.74. The van der Waals surface area contributed by atoms with Crippen molar-refractivity contribution in [1.29, 1.82) is 0 Å². The van der Waals surface area contributed by atoms with Crippen LogP contribution in [0.4, 0.5) is 0 Å². The van der Waals surface area contributed by atoms with Gasteiger partial charge in [0.05, 0.1) is 41.7 Å². The maximum absolute atomic E-state index is 12.8. The van der Waals surface area contributed by atoms with Crippen LogP contribution in [0.15, 0.2) is 151 Å². The summed E-state index contributed by atoms with van der Waals surface area (Å²) >= 11 is 0. The van der Waals surface area contributed by atoms with E-state index in [1.165, 1.54) is 22.5 Å². The molecule has 2 fully saturated rings. The quantitative estimate of drug-likeness (QED) is 0.128. The number of carbonyl (C=O) groups is 2. The molecule has 2 atom stereocenters. The topological polar surface area (TPSA) is 142 Å². The summed E-state index contributed by atoms with van der Waals surface area (Å²) in [6.07, 6.45) is 8.29. The molecule has 2 aliphatic heterocycles. The highest BCUT2D eigenvalue weighted by Crippen LogP contribution is 2.29. The molecule has 2 saturated heterocycles. The number of aromatic nitrogens is 4. The Kier molecular flexibility index (Phi) is 15.5. The summed E-state index contributed by atoms with van der Waals surface area (Å²) in [7, 11) is 0. The van der Waals surface area contributed by atoms with Crippen molar-refractivity contribution in [3.05, 3.63) is 185 Å². The molecule has 0 aliphatic carbocycles. The maximum atomic E-state index is 12.8. The molecule has 65 heavy (non-hydrogen) atoms. The third-order valence-corrected chi connectivity index (χ3v) is 12.5. The minimum atomic E-state index is -1.05. The molecule has 2 aromatic heterocycles. The van der Waals surface area contributed by atoms with E-state index in [1.54, 1.807) is 12.4 Å². The molecule has 0 unspecified atom stereocenters. The van der Waals surface area contributed by atoms with Crippen LogP contribution in [0.3, 0.4) is 0 Å². The van der Waals surface area contributed by atoms with Gasteiger partial charge in [0.2, 0.25) is 11.8 Å². The summed E-state index contributed by atoms with van der Waals surface area (Å²) in [5, 5.41) is 22.1. The number of piperidine rings is 2. The van der Waals surface area contributed by atoms with E-state index in [2.05, 4.69) is 52.8 Å². The number of amides is 2. The van der Waals surface area contributed by atoms with Crippen molar-refractivity contribution in [2.45, 2.75) is 88.4 Å². The van der Waals surface area contributed by atoms with E-state index in [1.807, 2.05) is 119 Å². The lowest BCUT2D eigenvalue weighted by molar-refractivity contribution is -0.137. The zero-order chi connectivity index (χ0) is 45.7. The molecule has 8 rings (SSSR count). The highest BCUT2D eigenvalue weighted by atomic mass is 16.3. The van der Waals surface area contributed by atoms with Crippen molar-refractivity contribution in [1.82, 2.24) is 29.3 Å². The van der Waals surface area contributed by atoms with E-state index in [-0.39, 0.29) is 35.8 Å². The highest BCUT2D eigenvalue weighted by molar-refractivity contribution is 5.77. The predicted molar refractivity (Wildman–Crippen MR) is 253 cm³/mol. The Morgan fingerprint density at radius 2 is 1.12 bits per heavy atom. The van der Waals surface area contributed by atoms with Crippen LogP contribution in [-0.2, 0) is 22.6 Å². The molecule has 11 nitrogen and oxygen atoms in total. The summed E-state index contributed by atoms with van der Waals surface area (Å²) in [4.78, 5) is 55.1. The Morgan fingerprint density at radius 1 is 0.631 bits per heavy atom. The molecule has 0 bridgehead atoms. The fourth-order valence-electron chi connectivity index (χ4n) is 8.39. The van der Waals surface area contributed by atoms with Crippen molar-refractivity contribution >= 4 is 11.8 Å². The molecule has 0 spiro atoms. The van der Waals surface area contributed by atoms with Gasteiger partial charge in [-0.25, -0.2) is 4.98 Å². The maximum Gasteiger partial charge on any atom is 0.254 e. The average Bonchev–Trinajstić information content (AvgIpc) is 3.33. The first-order valence-electron chi connectivity index (χ1n) is 22.5. The molecular weight excluding hydrogens is 813 g/mol. The van der Waals surface area contributed by atoms with Gasteiger partial charge in [0, 0.05) is 68.8 Å². The lowest BCUT2D eigenvalue weighted by Gasteiger charge is -2.38. The number of aliphatic hydroxyl groups is 2. The molecule has 334 valence electrons. The first kappa shape index (κ1) is 46.3. The van der Waals surface area contributed by atoms with Crippen molar-refractivity contribution < 1.29 is 19.8 Å². The molecule has 4 aromatic carbocycles. The zero-order valence-electron chi connectivity index (χ0n) is 37.3. The average molecular weight is 871 g/mol. The van der Waals surface area contributed by atoms with E-state index in [9.17, 15) is 24.6 Å². The minimum absolute atomic E-state index is 0.0959. The molecule has 0 radical (unpaired) electrons. The summed E-state index contributed by atoms with van der Waals surface area (Å²) in [6.45, 7) is 6.39. The Labute approximate surface area is 381 Å². The van der Waals surface area contributed by atoms with Crippen molar-refractivity contribution in [2.24, 2.45) is 0 Å². The van der Waals surface area contributed by atoms with Crippen LogP contribution in [-0.4, -0.2) is 88.7 Å². The Morgan fingerprint density at radius 3 is 1.62 bits per heavy atom. The number of likely N-dealkylation sites (tertiary alicyclic amines) is 2. The molecule has 2 aliphatic rings. The monoisotopic (exact) mass is 870 g/mol. The van der Waals surface area contributed by atoms with Gasteiger partial charge in [0.1, 0.15) is 5.69 Å². The molecule has 0 saturated carbocycles. The first-order chi connectivity index (χ1) is 31.4. The summed E-state index contributed by atoms with van der Waals surface area (Å²) < 4.78 is 1.42. The summed E-state index contributed by atoms with van der Waals surface area (Å²) in [5.74, 6) is 6.48. The van der Waals surface area contributed by atoms with E-state index in [4.69, 9.17) is 0 Å². The Balaban J connectivity index is 0.000000195. The SMILES string of the molecule is C[C@H](CC(=O)N1CCC(O)(Cc2cnc(-c3ccccc3)cn2)CC1)c1ccccc1.C[C@H](CC(=O)N1CCC(O)(Cn2cnc(C#Cc3ccccc3)cc2=O)CC1)c1ccccc1. The van der Waals surface area contributed by atoms with E-state index in [0.717, 1.165) is 28.1 Å². The van der Waals surface area contributed by atoms with Crippen LogP contribution in [0.2, 0.25) is 0 Å². The van der Waals surface area contributed by atoms with Crippen molar-refractivity contribution in [3.63, 3.8) is 0 Å². The van der Waals surface area contributed by atoms with E-state index < -0.39 is 11.2 Å². The lowest BCUT2D eigenvalue weighted by Crippen LogP contribution is -2.49. The fraction of sp³-hybridized carbons (Fsp3) is 0.333. The van der Waals surface area contributed by atoms with Gasteiger partial charge in [0.15, 0.2) is 0 Å². The standard InChI is InChI=1S/C28H29N3O3.C26H29N3O2/c1-22(24-10-6-3-7-11-24)18-26(32)30-16-14-28(34,15-17-30)20-31-21-29-25(19-27(31)33)13-12-23-8-4-2-5-9-23;1-20(21-8-4-2-5-9-21)16-25(30)29-14-12-26(31,13-15-29)17-23-18-28-24(19-27-23)22-10-6-3-7-11-22/h2-11,19,21-22,34H,14-18,20H2,1H3;2-11,18-20,31H,12-17H2,1H3/t22-;20-/m11/s1. The second kappa shape index (κ2) is 21.8. The predicted octanol–water partition coefficient (Wildman–Crippen LogP) is 7.42. The van der Waals surface area contributed by atoms with E-state index >= 15 is 0 Å². The first-order valence-corrected chi connectivity index (χ1v) is 22.5. The second-order valence-electron chi connectivity index (χ2n) is 17.5. The summed E-state index contributed by atoms with van der Waals surface area (Å²) in [5.41, 5.74) is 4.05. The molecule has 6 aromatic rings. The third kappa shape index (κ3) is 13.2. The van der Waals surface area contributed by atoms with Gasteiger partial charge < -0.3 is 20.0 Å². The zero-order valence-corrected chi connectivity index (χ0v) is 37.3. The number of benzene rings is 4. The molecule has 2 N–H and O–H groups in total. The van der Waals surface area contributed by atoms with Crippen LogP contribution in [0, 0.1) is 11.8 Å². The number of rotatable bonds is 11. The largest absolute Gasteiger partial charge is 0.389 e. The third-order valence-electron chi connectivity index (χ3n) is 12.5. The van der Waals surface area contributed by atoms with Crippen LogP contribution >= 0.6 is 0 Å². The normalized spacial score (nSPS) is 16.2. The minimum Gasteiger partial charge on any atom is -0.389 e. The van der Waals surface area contributed by atoms with Crippen LogP contribution in [0.5, 0.6) is 0 Å². The number of hydrogen-bond acceptors (Lipinski definition) is 8. The van der Waals surface area contributed by atoms with Crippen molar-refractivity contribution in [3.8, 4) is 23.1 Å². The number of nitrogens with zero attached hydrogens (tertiary/aromatic N) is 6. The second-order valence-corrected chi connectivity index (χ2v) is 17.5. The van der Waals surface area contributed by atoms with Gasteiger partial charge in [-0.2, -0.15) is 0 Å². The summed E-state index contributed by atoms with van der Waals surface area (Å²) in [6, 6.07) is 41.0. The molecule has 11 heteroatoms. The highest BCUT2D eigenvalue weighted by Gasteiger charge is 2.36. The van der Waals surface area contributed by atoms with Crippen LogP contribution in [0.25, 0.3) is 11.3 Å². The molecule has 2 amide bonds. The molecular formula is C54H58N6O5. The van der Waals surface area contributed by atoms with Crippen LogP contribution < -0.4 is 5.56 Å². The van der Waals surface area contributed by atoms with Gasteiger partial charge in [-0.3, -0.25) is 28.9 Å². The van der Waals surface area contributed by atoms with Gasteiger partial charge in [-0.05, 0) is 66.7 Å². The van der Waals surface area contributed by atoms with Gasteiger partial charge >= 0.3 is 0 Å². The number of carbonyl (C=O) groups excluding carboxylic acids is 2. The number of hydrogen-bond donors (Lipinski definition) is 2. The van der Waals surface area contributed by atoms with Gasteiger partial charge in [0.25, 0.3) is 5.56 Å². The van der Waals surface area contributed by atoms with E-state index in [0.29, 0.717) is 76.8 Å².